The third kappa shape index (κ3) is 3.64. The average molecular weight is 299 g/mol. The minimum absolute atomic E-state index is 0.00600. The van der Waals surface area contributed by atoms with E-state index in [1.54, 1.807) is 6.07 Å². The van der Waals surface area contributed by atoms with Crippen LogP contribution in [-0.4, -0.2) is 18.1 Å². The second-order valence-electron chi connectivity index (χ2n) is 5.68. The quantitative estimate of drug-likeness (QED) is 0.864. The van der Waals surface area contributed by atoms with Crippen LogP contribution in [0.1, 0.15) is 36.6 Å². The fraction of sp³-hybridized carbons (Fsp3) is 0.333. The molecule has 0 aliphatic carbocycles. The van der Waals surface area contributed by atoms with Gasteiger partial charge in [0.25, 0.3) is 5.56 Å². The van der Waals surface area contributed by atoms with E-state index in [1.165, 1.54) is 7.11 Å². The largest absolute Gasteiger partial charge is 0.469 e. The van der Waals surface area contributed by atoms with Crippen molar-refractivity contribution in [3.05, 3.63) is 69.6 Å². The maximum atomic E-state index is 12.3. The van der Waals surface area contributed by atoms with Crippen molar-refractivity contribution in [1.29, 1.82) is 0 Å². The number of hydrogen-bond acceptors (Lipinski definition) is 3. The molecule has 0 amide bonds. The first-order valence-electron chi connectivity index (χ1n) is 7.36. The number of rotatable bonds is 5. The summed E-state index contributed by atoms with van der Waals surface area (Å²) in [4.78, 5) is 27.1. The monoisotopic (exact) mass is 299 g/mol. The fourth-order valence-electron chi connectivity index (χ4n) is 2.57. The van der Waals surface area contributed by atoms with E-state index >= 15 is 0 Å². The third-order valence-corrected chi connectivity index (χ3v) is 3.69. The highest BCUT2D eigenvalue weighted by Crippen LogP contribution is 2.23. The molecule has 1 aromatic heterocycles. The van der Waals surface area contributed by atoms with Gasteiger partial charge in [0.05, 0.1) is 13.0 Å². The van der Waals surface area contributed by atoms with E-state index in [0.29, 0.717) is 12.0 Å². The van der Waals surface area contributed by atoms with Crippen molar-refractivity contribution in [3.8, 4) is 0 Å². The number of aromatic nitrogens is 1. The van der Waals surface area contributed by atoms with Gasteiger partial charge in [-0.15, -0.1) is 0 Å². The molecule has 0 saturated heterocycles. The summed E-state index contributed by atoms with van der Waals surface area (Å²) in [5.41, 5.74) is 2.18. The summed E-state index contributed by atoms with van der Waals surface area (Å²) in [5, 5.41) is 0. The molecule has 0 aliphatic rings. The fourth-order valence-corrected chi connectivity index (χ4v) is 2.57. The maximum absolute atomic E-state index is 12.3. The van der Waals surface area contributed by atoms with Gasteiger partial charge in [-0.05, 0) is 17.5 Å². The zero-order valence-corrected chi connectivity index (χ0v) is 13.1. The van der Waals surface area contributed by atoms with E-state index in [1.807, 2.05) is 50.2 Å². The molecule has 4 heteroatoms. The molecule has 0 bridgehead atoms. The highest BCUT2D eigenvalue weighted by Gasteiger charge is 2.27. The van der Waals surface area contributed by atoms with Crippen LogP contribution in [0.5, 0.6) is 0 Å². The summed E-state index contributed by atoms with van der Waals surface area (Å²) >= 11 is 0. The lowest BCUT2D eigenvalue weighted by Crippen LogP contribution is -2.27. The molecule has 1 heterocycles. The van der Waals surface area contributed by atoms with Gasteiger partial charge in [0.15, 0.2) is 0 Å². The first-order chi connectivity index (χ1) is 10.5. The van der Waals surface area contributed by atoms with Crippen molar-refractivity contribution >= 4 is 5.97 Å². The lowest BCUT2D eigenvalue weighted by Gasteiger charge is -2.18. The van der Waals surface area contributed by atoms with Crippen LogP contribution in [-0.2, 0) is 16.0 Å². The average Bonchev–Trinajstić information content (AvgIpc) is 2.50. The Kier molecular flexibility index (Phi) is 5.15. The minimum Gasteiger partial charge on any atom is -0.469 e. The predicted molar refractivity (Wildman–Crippen MR) is 85.9 cm³/mol. The van der Waals surface area contributed by atoms with Gasteiger partial charge in [-0.2, -0.15) is 0 Å². The van der Waals surface area contributed by atoms with E-state index in [0.717, 1.165) is 11.3 Å². The molecule has 116 valence electrons. The molecule has 0 fully saturated rings. The molecular formula is C18H21NO3. The number of pyridine rings is 1. The summed E-state index contributed by atoms with van der Waals surface area (Å²) in [5.74, 6) is -0.927. The molecule has 0 saturated carbocycles. The van der Waals surface area contributed by atoms with Crippen molar-refractivity contribution in [3.63, 3.8) is 0 Å². The molecule has 1 atom stereocenters. The van der Waals surface area contributed by atoms with Crippen LogP contribution in [0.2, 0.25) is 0 Å². The summed E-state index contributed by atoms with van der Waals surface area (Å²) < 4.78 is 4.82. The Labute approximate surface area is 130 Å². The normalized spacial score (nSPS) is 12.2. The first kappa shape index (κ1) is 16.0. The second-order valence-corrected chi connectivity index (χ2v) is 5.68. The van der Waals surface area contributed by atoms with Gasteiger partial charge in [0, 0.05) is 17.7 Å². The lowest BCUT2D eigenvalue weighted by atomic mass is 9.89. The first-order valence-corrected chi connectivity index (χ1v) is 7.36. The zero-order chi connectivity index (χ0) is 16.1. The standard InChI is InChI=1S/C18H21NO3/c1-12(2)16(18(21)22-3)15-10-9-14(19-17(15)20)11-13-7-5-4-6-8-13/h4-10,12,16H,11H2,1-3H3,(H,19,20). The number of benzene rings is 1. The maximum Gasteiger partial charge on any atom is 0.313 e. The number of methoxy groups -OCH3 is 1. The van der Waals surface area contributed by atoms with Gasteiger partial charge in [0.2, 0.25) is 0 Å². The molecular weight excluding hydrogens is 278 g/mol. The number of carbonyl (C=O) groups excluding carboxylic acids is 1. The van der Waals surface area contributed by atoms with Crippen molar-refractivity contribution in [2.75, 3.05) is 7.11 Å². The molecule has 0 aliphatic heterocycles. The van der Waals surface area contributed by atoms with Gasteiger partial charge in [0.1, 0.15) is 0 Å². The SMILES string of the molecule is COC(=O)C(c1ccc(Cc2ccccc2)[nH]c1=O)C(C)C. The Balaban J connectivity index is 2.29. The number of carbonyl (C=O) groups is 1. The summed E-state index contributed by atoms with van der Waals surface area (Å²) in [6, 6.07) is 13.5. The third-order valence-electron chi connectivity index (χ3n) is 3.69. The predicted octanol–water partition coefficient (Wildman–Crippen LogP) is 2.88. The van der Waals surface area contributed by atoms with E-state index < -0.39 is 5.92 Å². The molecule has 2 rings (SSSR count). The van der Waals surface area contributed by atoms with Gasteiger partial charge in [-0.25, -0.2) is 0 Å². The molecule has 1 N–H and O–H groups in total. The number of aromatic amines is 1. The lowest BCUT2D eigenvalue weighted by molar-refractivity contribution is -0.143. The van der Waals surface area contributed by atoms with Crippen LogP contribution < -0.4 is 5.56 Å². The second kappa shape index (κ2) is 7.07. The molecule has 22 heavy (non-hydrogen) atoms. The Bertz CT molecular complexity index is 689. The van der Waals surface area contributed by atoms with Crippen molar-refractivity contribution in [2.24, 2.45) is 5.92 Å². The summed E-state index contributed by atoms with van der Waals surface area (Å²) in [6.45, 7) is 3.80. The number of esters is 1. The van der Waals surface area contributed by atoms with Gasteiger partial charge >= 0.3 is 5.97 Å². The van der Waals surface area contributed by atoms with Crippen LogP contribution in [0.3, 0.4) is 0 Å². The number of H-pyrrole nitrogens is 1. The van der Waals surface area contributed by atoms with Crippen LogP contribution in [0.25, 0.3) is 0 Å². The zero-order valence-electron chi connectivity index (χ0n) is 13.1. The Hall–Kier alpha value is -2.36. The van der Waals surface area contributed by atoms with Crippen molar-refractivity contribution < 1.29 is 9.53 Å². The topological polar surface area (TPSA) is 59.2 Å². The Morgan fingerprint density at radius 2 is 1.82 bits per heavy atom. The Morgan fingerprint density at radius 1 is 1.14 bits per heavy atom. The molecule has 0 spiro atoms. The van der Waals surface area contributed by atoms with Crippen LogP contribution in [0.4, 0.5) is 0 Å². The molecule has 2 aromatic rings. The Morgan fingerprint density at radius 3 is 2.36 bits per heavy atom. The van der Waals surface area contributed by atoms with E-state index in [4.69, 9.17) is 4.74 Å². The molecule has 1 unspecified atom stereocenters. The van der Waals surface area contributed by atoms with Crippen LogP contribution >= 0.6 is 0 Å². The van der Waals surface area contributed by atoms with Crippen molar-refractivity contribution in [1.82, 2.24) is 4.98 Å². The van der Waals surface area contributed by atoms with E-state index in [-0.39, 0.29) is 17.4 Å². The molecule has 4 nitrogen and oxygen atoms in total. The van der Waals surface area contributed by atoms with Gasteiger partial charge in [-0.1, -0.05) is 50.2 Å². The summed E-state index contributed by atoms with van der Waals surface area (Å²) in [7, 11) is 1.34. The van der Waals surface area contributed by atoms with Gasteiger partial charge < -0.3 is 9.72 Å². The molecule has 1 aromatic carbocycles. The van der Waals surface area contributed by atoms with E-state index in [9.17, 15) is 9.59 Å². The highest BCUT2D eigenvalue weighted by molar-refractivity contribution is 5.78. The number of ether oxygens (including phenoxy) is 1. The van der Waals surface area contributed by atoms with Crippen LogP contribution in [0.15, 0.2) is 47.3 Å². The van der Waals surface area contributed by atoms with E-state index in [2.05, 4.69) is 4.98 Å². The highest BCUT2D eigenvalue weighted by atomic mass is 16.5. The molecule has 0 radical (unpaired) electrons. The van der Waals surface area contributed by atoms with Crippen LogP contribution in [0, 0.1) is 5.92 Å². The number of hydrogen-bond donors (Lipinski definition) is 1. The number of nitrogens with one attached hydrogen (secondary N) is 1. The van der Waals surface area contributed by atoms with Gasteiger partial charge in [-0.3, -0.25) is 9.59 Å². The van der Waals surface area contributed by atoms with Crippen molar-refractivity contribution in [2.45, 2.75) is 26.2 Å². The minimum atomic E-state index is -0.542. The summed E-state index contributed by atoms with van der Waals surface area (Å²) in [6.07, 6.45) is 0.654. The smallest absolute Gasteiger partial charge is 0.313 e.